The van der Waals surface area contributed by atoms with Gasteiger partial charge in [-0.1, -0.05) is 36.4 Å². The minimum atomic E-state index is -0.554. The van der Waals surface area contributed by atoms with Gasteiger partial charge in [-0.15, -0.1) is 0 Å². The van der Waals surface area contributed by atoms with E-state index in [4.69, 9.17) is 10.5 Å². The number of fused-ring (bicyclic) bond motifs is 1. The summed E-state index contributed by atoms with van der Waals surface area (Å²) in [5.41, 5.74) is 8.31. The number of methoxy groups -OCH3 is 1. The number of carbonyl (C=O) groups excluding carboxylic acids is 3. The second kappa shape index (κ2) is 8.01. The van der Waals surface area contributed by atoms with Crippen LogP contribution in [-0.4, -0.2) is 42.4 Å². The van der Waals surface area contributed by atoms with E-state index in [1.54, 1.807) is 29.2 Å². The lowest BCUT2D eigenvalue weighted by Crippen LogP contribution is -2.50. The molecule has 1 aliphatic heterocycles. The van der Waals surface area contributed by atoms with Crippen LogP contribution in [0.4, 0.5) is 5.69 Å². The van der Waals surface area contributed by atoms with Crippen LogP contribution >= 0.6 is 0 Å². The molecular weight excluding hydrogens is 346 g/mol. The van der Waals surface area contributed by atoms with Crippen molar-refractivity contribution in [1.29, 1.82) is 0 Å². The van der Waals surface area contributed by atoms with Gasteiger partial charge in [0.25, 0.3) is 0 Å². The number of esters is 1. The Hall–Kier alpha value is -3.19. The van der Waals surface area contributed by atoms with E-state index >= 15 is 0 Å². The van der Waals surface area contributed by atoms with Gasteiger partial charge in [0.2, 0.25) is 11.8 Å². The molecule has 1 aliphatic rings. The summed E-state index contributed by atoms with van der Waals surface area (Å²) < 4.78 is 4.73. The molecule has 7 nitrogen and oxygen atoms in total. The van der Waals surface area contributed by atoms with Crippen LogP contribution in [0.1, 0.15) is 21.5 Å². The van der Waals surface area contributed by atoms with Crippen LogP contribution in [-0.2, 0) is 27.3 Å². The van der Waals surface area contributed by atoms with Gasteiger partial charge in [0.05, 0.1) is 30.9 Å². The summed E-state index contributed by atoms with van der Waals surface area (Å²) in [6.45, 7) is 0.438. The molecule has 0 aromatic heterocycles. The van der Waals surface area contributed by atoms with Gasteiger partial charge in [-0.2, -0.15) is 0 Å². The van der Waals surface area contributed by atoms with E-state index in [2.05, 4.69) is 5.32 Å². The molecule has 3 N–H and O–H groups in total. The molecule has 2 aromatic carbocycles. The minimum absolute atomic E-state index is 0.0164. The number of ether oxygens (including phenoxy) is 1. The molecule has 0 aliphatic carbocycles. The van der Waals surface area contributed by atoms with E-state index in [-0.39, 0.29) is 18.0 Å². The average Bonchev–Trinajstić information content (AvgIpc) is 2.67. The molecule has 0 spiro atoms. The van der Waals surface area contributed by atoms with Crippen LogP contribution in [0.25, 0.3) is 0 Å². The van der Waals surface area contributed by atoms with Crippen molar-refractivity contribution in [3.63, 3.8) is 0 Å². The third-order valence-corrected chi connectivity index (χ3v) is 4.63. The average molecular weight is 367 g/mol. The summed E-state index contributed by atoms with van der Waals surface area (Å²) in [5, 5.41) is 2.72. The van der Waals surface area contributed by atoms with Crippen LogP contribution in [0, 0.1) is 0 Å². The minimum Gasteiger partial charge on any atom is -0.465 e. The molecule has 2 aromatic rings. The maximum atomic E-state index is 12.6. The molecule has 0 saturated heterocycles. The molecule has 140 valence electrons. The van der Waals surface area contributed by atoms with Gasteiger partial charge in [0, 0.05) is 6.54 Å². The third kappa shape index (κ3) is 4.15. The van der Waals surface area contributed by atoms with Gasteiger partial charge < -0.3 is 15.8 Å². The number of benzene rings is 2. The fourth-order valence-electron chi connectivity index (χ4n) is 3.28. The molecule has 1 atom stereocenters. The van der Waals surface area contributed by atoms with Crippen LogP contribution in [0.2, 0.25) is 0 Å². The van der Waals surface area contributed by atoms with Crippen molar-refractivity contribution < 1.29 is 19.1 Å². The standard InChI is InChI=1S/C20H21N3O4/c1-27-20(26)15-8-4-5-9-16(15)22-18(24)12-23-11-14-7-3-2-6-13(14)10-17(23)19(21)25/h2-9,17H,10-12H2,1H3,(H2,21,25)(H,22,24)/t17-/m0/s1. The van der Waals surface area contributed by atoms with Crippen molar-refractivity contribution in [2.75, 3.05) is 19.0 Å². The molecular formula is C20H21N3O4. The Labute approximate surface area is 157 Å². The number of hydrogen-bond acceptors (Lipinski definition) is 5. The first-order chi connectivity index (χ1) is 13.0. The fourth-order valence-corrected chi connectivity index (χ4v) is 3.28. The summed E-state index contributed by atoms with van der Waals surface area (Å²) in [7, 11) is 1.28. The van der Waals surface area contributed by atoms with E-state index in [1.165, 1.54) is 7.11 Å². The molecule has 1 heterocycles. The Morgan fingerprint density at radius 1 is 1.11 bits per heavy atom. The number of para-hydroxylation sites is 1. The third-order valence-electron chi connectivity index (χ3n) is 4.63. The van der Waals surface area contributed by atoms with E-state index in [9.17, 15) is 14.4 Å². The van der Waals surface area contributed by atoms with Gasteiger partial charge in [-0.05, 0) is 29.7 Å². The highest BCUT2D eigenvalue weighted by Gasteiger charge is 2.31. The zero-order valence-corrected chi connectivity index (χ0v) is 15.0. The van der Waals surface area contributed by atoms with Crippen molar-refractivity contribution in [3.05, 3.63) is 65.2 Å². The number of nitrogens with two attached hydrogens (primary N) is 1. The number of primary amides is 1. The van der Waals surface area contributed by atoms with Crippen LogP contribution in [0.5, 0.6) is 0 Å². The molecule has 0 bridgehead atoms. The summed E-state index contributed by atoms with van der Waals surface area (Å²) in [6, 6.07) is 13.8. The van der Waals surface area contributed by atoms with Crippen LogP contribution in [0.3, 0.4) is 0 Å². The maximum Gasteiger partial charge on any atom is 0.339 e. The Balaban J connectivity index is 1.75. The quantitative estimate of drug-likeness (QED) is 0.776. The zero-order valence-electron chi connectivity index (χ0n) is 15.0. The van der Waals surface area contributed by atoms with Crippen molar-refractivity contribution >= 4 is 23.5 Å². The predicted octanol–water partition coefficient (Wildman–Crippen LogP) is 1.32. The molecule has 0 fully saturated rings. The van der Waals surface area contributed by atoms with E-state index in [1.807, 2.05) is 24.3 Å². The van der Waals surface area contributed by atoms with Crippen molar-refractivity contribution in [2.45, 2.75) is 19.0 Å². The lowest BCUT2D eigenvalue weighted by atomic mass is 9.93. The smallest absolute Gasteiger partial charge is 0.339 e. The molecule has 0 radical (unpaired) electrons. The highest BCUT2D eigenvalue weighted by atomic mass is 16.5. The molecule has 0 saturated carbocycles. The molecule has 0 unspecified atom stereocenters. The van der Waals surface area contributed by atoms with E-state index in [0.29, 0.717) is 18.7 Å². The van der Waals surface area contributed by atoms with E-state index in [0.717, 1.165) is 11.1 Å². The van der Waals surface area contributed by atoms with Crippen molar-refractivity contribution in [2.24, 2.45) is 5.73 Å². The van der Waals surface area contributed by atoms with Gasteiger partial charge in [0.1, 0.15) is 0 Å². The SMILES string of the molecule is COC(=O)c1ccccc1NC(=O)CN1Cc2ccccc2C[C@H]1C(N)=O. The van der Waals surface area contributed by atoms with E-state index < -0.39 is 17.9 Å². The van der Waals surface area contributed by atoms with Gasteiger partial charge >= 0.3 is 5.97 Å². The second-order valence-electron chi connectivity index (χ2n) is 6.38. The Morgan fingerprint density at radius 3 is 2.48 bits per heavy atom. The van der Waals surface area contributed by atoms with Crippen LogP contribution in [0.15, 0.2) is 48.5 Å². The maximum absolute atomic E-state index is 12.6. The molecule has 7 heteroatoms. The number of anilines is 1. The summed E-state index contributed by atoms with van der Waals surface area (Å²) >= 11 is 0. The first-order valence-electron chi connectivity index (χ1n) is 8.57. The van der Waals surface area contributed by atoms with Gasteiger partial charge in [-0.25, -0.2) is 4.79 Å². The fraction of sp³-hybridized carbons (Fsp3) is 0.250. The van der Waals surface area contributed by atoms with Gasteiger partial charge in [0.15, 0.2) is 0 Å². The van der Waals surface area contributed by atoms with Crippen molar-refractivity contribution in [3.8, 4) is 0 Å². The highest BCUT2D eigenvalue weighted by molar-refractivity contribution is 6.01. The number of rotatable bonds is 5. The first-order valence-corrected chi connectivity index (χ1v) is 8.57. The monoisotopic (exact) mass is 367 g/mol. The summed E-state index contributed by atoms with van der Waals surface area (Å²) in [6.07, 6.45) is 0.470. The highest BCUT2D eigenvalue weighted by Crippen LogP contribution is 2.23. The number of nitrogens with zero attached hydrogens (tertiary/aromatic N) is 1. The van der Waals surface area contributed by atoms with Gasteiger partial charge in [-0.3, -0.25) is 14.5 Å². The van der Waals surface area contributed by atoms with Crippen LogP contribution < -0.4 is 11.1 Å². The largest absolute Gasteiger partial charge is 0.465 e. The second-order valence-corrected chi connectivity index (χ2v) is 6.38. The molecule has 3 rings (SSSR count). The summed E-state index contributed by atoms with van der Waals surface area (Å²) in [5.74, 6) is -1.34. The Morgan fingerprint density at radius 2 is 1.78 bits per heavy atom. The molecule has 2 amide bonds. The normalized spacial score (nSPS) is 16.3. The zero-order chi connectivity index (χ0) is 19.4. The topological polar surface area (TPSA) is 102 Å². The van der Waals surface area contributed by atoms with Crippen molar-refractivity contribution in [1.82, 2.24) is 4.90 Å². The lowest BCUT2D eigenvalue weighted by molar-refractivity contribution is -0.125. The Bertz CT molecular complexity index is 881. The lowest BCUT2D eigenvalue weighted by Gasteiger charge is -2.34. The number of hydrogen-bond donors (Lipinski definition) is 2. The Kier molecular flexibility index (Phi) is 5.52. The number of carbonyl (C=O) groups is 3. The predicted molar refractivity (Wildman–Crippen MR) is 99.9 cm³/mol. The molecule has 27 heavy (non-hydrogen) atoms. The first kappa shape index (κ1) is 18.6. The number of nitrogens with one attached hydrogen (secondary N) is 1. The summed E-state index contributed by atoms with van der Waals surface area (Å²) in [4.78, 5) is 38.0. The number of amides is 2.